The molecule has 0 bridgehead atoms. The van der Waals surface area contributed by atoms with Crippen LogP contribution in [0.1, 0.15) is 35.1 Å². The fourth-order valence-electron chi connectivity index (χ4n) is 5.82. The Hall–Kier alpha value is -3.52. The minimum Gasteiger partial charge on any atom is -0.493 e. The monoisotopic (exact) mass is 621 g/mol. The second kappa shape index (κ2) is 15.0. The Morgan fingerprint density at radius 3 is 2.11 bits per heavy atom. The molecule has 1 saturated heterocycles. The number of benzene rings is 4. The number of ether oxygens (including phenoxy) is 1. The Morgan fingerprint density at radius 2 is 1.48 bits per heavy atom. The Bertz CT molecular complexity index is 1420. The van der Waals surface area contributed by atoms with Crippen molar-refractivity contribution in [1.82, 2.24) is 10.2 Å². The van der Waals surface area contributed by atoms with Crippen molar-refractivity contribution in [1.29, 1.82) is 0 Å². The van der Waals surface area contributed by atoms with E-state index in [0.29, 0.717) is 25.3 Å². The van der Waals surface area contributed by atoms with Gasteiger partial charge in [0.2, 0.25) is 0 Å². The Kier molecular flexibility index (Phi) is 10.9. The van der Waals surface area contributed by atoms with Crippen molar-refractivity contribution in [3.05, 3.63) is 130 Å². The lowest BCUT2D eigenvalue weighted by Gasteiger charge is -2.31. The van der Waals surface area contributed by atoms with Gasteiger partial charge < -0.3 is 15.0 Å². The van der Waals surface area contributed by atoms with E-state index in [4.69, 9.17) is 16.3 Å². The zero-order valence-corrected chi connectivity index (χ0v) is 25.7. The summed E-state index contributed by atoms with van der Waals surface area (Å²) in [6, 6.07) is 32.8. The smallest absolute Gasteiger partial charge is 0.417 e. The maximum Gasteiger partial charge on any atom is 0.417 e. The van der Waals surface area contributed by atoms with Crippen molar-refractivity contribution >= 4 is 17.3 Å². The molecule has 0 saturated carbocycles. The molecule has 1 aliphatic heterocycles. The molecule has 0 spiro atoms. The molecule has 8 heteroatoms. The van der Waals surface area contributed by atoms with Gasteiger partial charge in [-0.1, -0.05) is 97.4 Å². The van der Waals surface area contributed by atoms with Crippen LogP contribution in [0.15, 0.2) is 103 Å². The van der Waals surface area contributed by atoms with Gasteiger partial charge in [-0.2, -0.15) is 13.2 Å². The minimum atomic E-state index is -4.52. The molecular weight excluding hydrogens is 583 g/mol. The molecule has 5 rings (SSSR count). The summed E-state index contributed by atoms with van der Waals surface area (Å²) < 4.78 is 47.4. The van der Waals surface area contributed by atoms with Crippen molar-refractivity contribution in [3.8, 4) is 5.75 Å². The molecule has 1 heterocycles. The summed E-state index contributed by atoms with van der Waals surface area (Å²) in [7, 11) is 0. The highest BCUT2D eigenvalue weighted by Gasteiger charge is 2.34. The van der Waals surface area contributed by atoms with E-state index in [0.717, 1.165) is 54.8 Å². The lowest BCUT2D eigenvalue weighted by molar-refractivity contribution is -0.137. The van der Waals surface area contributed by atoms with E-state index in [2.05, 4.69) is 58.4 Å². The first kappa shape index (κ1) is 31.9. The van der Waals surface area contributed by atoms with E-state index >= 15 is 0 Å². The molecule has 1 unspecified atom stereocenters. The highest BCUT2D eigenvalue weighted by Crippen LogP contribution is 2.37. The second-order valence-corrected chi connectivity index (χ2v) is 11.9. The summed E-state index contributed by atoms with van der Waals surface area (Å²) >= 11 is 6.39. The molecule has 0 amide bonds. The molecule has 1 aliphatic rings. The third-order valence-corrected chi connectivity index (χ3v) is 8.47. The molecule has 1 fully saturated rings. The highest BCUT2D eigenvalue weighted by molar-refractivity contribution is 6.32. The molecular formula is C36H39ClF3N3O. The van der Waals surface area contributed by atoms with Crippen molar-refractivity contribution in [3.63, 3.8) is 0 Å². The molecule has 44 heavy (non-hydrogen) atoms. The average molecular weight is 622 g/mol. The summed E-state index contributed by atoms with van der Waals surface area (Å²) in [4.78, 5) is 4.55. The van der Waals surface area contributed by atoms with Crippen LogP contribution < -0.4 is 15.0 Å². The van der Waals surface area contributed by atoms with E-state index in [1.54, 1.807) is 6.07 Å². The third kappa shape index (κ3) is 8.56. The van der Waals surface area contributed by atoms with Gasteiger partial charge in [-0.15, -0.1) is 0 Å². The first-order chi connectivity index (χ1) is 21.3. The number of hydrogen-bond donors (Lipinski definition) is 1. The summed E-state index contributed by atoms with van der Waals surface area (Å²) in [6.07, 6.45) is -4.52. The normalized spacial score (nSPS) is 14.7. The van der Waals surface area contributed by atoms with Gasteiger partial charge in [0.1, 0.15) is 5.75 Å². The van der Waals surface area contributed by atoms with E-state index in [9.17, 15) is 13.2 Å². The fraction of sp³-hybridized carbons (Fsp3) is 0.333. The number of nitrogens with zero attached hydrogens (tertiary/aromatic N) is 2. The van der Waals surface area contributed by atoms with Crippen LogP contribution in [0, 0.1) is 5.92 Å². The summed E-state index contributed by atoms with van der Waals surface area (Å²) in [5.41, 5.74) is 3.09. The Morgan fingerprint density at radius 1 is 0.841 bits per heavy atom. The summed E-state index contributed by atoms with van der Waals surface area (Å²) in [5, 5.41) is 3.14. The quantitative estimate of drug-likeness (QED) is 0.173. The van der Waals surface area contributed by atoms with Crippen LogP contribution in [-0.2, 0) is 12.7 Å². The lowest BCUT2D eigenvalue weighted by atomic mass is 9.90. The van der Waals surface area contributed by atoms with Gasteiger partial charge >= 0.3 is 6.18 Å². The number of hydrogen-bond acceptors (Lipinski definition) is 4. The number of alkyl halides is 3. The van der Waals surface area contributed by atoms with Gasteiger partial charge in [0.15, 0.2) is 0 Å². The standard InChI is InChI=1S/C36H39ClF3N3O/c1-27(26-44-32-16-9-15-31(22-32)43-20-18-41-19-21-43)23-42(24-30-14-8-17-34(35(30)37)36(38,39)40)25-33(28-10-4-2-5-11-28)29-12-6-3-7-13-29/h2-17,22,27,33,41H,18-21,23-26H2,1H3. The molecule has 232 valence electrons. The maximum absolute atomic E-state index is 13.7. The molecule has 1 atom stereocenters. The molecule has 0 aliphatic carbocycles. The first-order valence-corrected chi connectivity index (χ1v) is 15.5. The van der Waals surface area contributed by atoms with Crippen molar-refractivity contribution in [2.45, 2.75) is 25.6 Å². The van der Waals surface area contributed by atoms with Crippen molar-refractivity contribution < 1.29 is 17.9 Å². The van der Waals surface area contributed by atoms with Crippen LogP contribution in [-0.4, -0.2) is 50.8 Å². The second-order valence-electron chi connectivity index (χ2n) is 11.5. The Labute approximate surface area is 263 Å². The van der Waals surface area contributed by atoms with E-state index in [1.807, 2.05) is 48.5 Å². The number of nitrogens with one attached hydrogen (secondary N) is 1. The number of halogens is 4. The van der Waals surface area contributed by atoms with Crippen LogP contribution in [0.25, 0.3) is 0 Å². The number of anilines is 1. The molecule has 4 aromatic rings. The SMILES string of the molecule is CC(COc1cccc(N2CCNCC2)c1)CN(Cc1cccc(C(F)(F)F)c1Cl)CC(c1ccccc1)c1ccccc1. The molecule has 0 aromatic heterocycles. The minimum absolute atomic E-state index is 0.0193. The van der Waals surface area contributed by atoms with Gasteiger partial charge in [0.05, 0.1) is 17.2 Å². The van der Waals surface area contributed by atoms with Crippen molar-refractivity contribution in [2.75, 3.05) is 50.8 Å². The van der Waals surface area contributed by atoms with Gasteiger partial charge in [-0.05, 0) is 34.9 Å². The van der Waals surface area contributed by atoms with Crippen LogP contribution in [0.4, 0.5) is 18.9 Å². The zero-order chi connectivity index (χ0) is 30.9. The highest BCUT2D eigenvalue weighted by atomic mass is 35.5. The van der Waals surface area contributed by atoms with Crippen molar-refractivity contribution in [2.24, 2.45) is 5.92 Å². The summed E-state index contributed by atoms with van der Waals surface area (Å²) in [6.45, 7) is 7.90. The van der Waals surface area contributed by atoms with Crippen LogP contribution in [0.3, 0.4) is 0 Å². The van der Waals surface area contributed by atoms with Gasteiger partial charge in [0, 0.05) is 69.4 Å². The van der Waals surface area contributed by atoms with E-state index < -0.39 is 11.7 Å². The van der Waals surface area contributed by atoms with Gasteiger partial charge in [-0.25, -0.2) is 0 Å². The van der Waals surface area contributed by atoms with Crippen LogP contribution >= 0.6 is 11.6 Å². The third-order valence-electron chi connectivity index (χ3n) is 8.03. The topological polar surface area (TPSA) is 27.7 Å². The molecule has 1 N–H and O–H groups in total. The number of rotatable bonds is 12. The largest absolute Gasteiger partial charge is 0.493 e. The maximum atomic E-state index is 13.7. The van der Waals surface area contributed by atoms with Crippen LogP contribution in [0.5, 0.6) is 5.75 Å². The number of piperazine rings is 1. The van der Waals surface area contributed by atoms with Gasteiger partial charge in [-0.3, -0.25) is 4.90 Å². The predicted molar refractivity (Wildman–Crippen MR) is 173 cm³/mol. The molecule has 0 radical (unpaired) electrons. The van der Waals surface area contributed by atoms with E-state index in [-0.39, 0.29) is 23.4 Å². The fourth-order valence-corrected chi connectivity index (χ4v) is 6.12. The average Bonchev–Trinajstić information content (AvgIpc) is 3.04. The summed E-state index contributed by atoms with van der Waals surface area (Å²) in [5.74, 6) is 0.923. The first-order valence-electron chi connectivity index (χ1n) is 15.1. The zero-order valence-electron chi connectivity index (χ0n) is 24.9. The predicted octanol–water partition coefficient (Wildman–Crippen LogP) is 8.12. The molecule has 4 aromatic carbocycles. The Balaban J connectivity index is 1.36. The van der Waals surface area contributed by atoms with E-state index in [1.165, 1.54) is 6.07 Å². The van der Waals surface area contributed by atoms with Gasteiger partial charge in [0.25, 0.3) is 0 Å². The molecule has 4 nitrogen and oxygen atoms in total. The lowest BCUT2D eigenvalue weighted by Crippen LogP contribution is -2.43. The van der Waals surface area contributed by atoms with Crippen LogP contribution in [0.2, 0.25) is 5.02 Å².